The van der Waals surface area contributed by atoms with Crippen molar-refractivity contribution in [2.75, 3.05) is 45.9 Å². The first-order chi connectivity index (χ1) is 16.1. The molecule has 8 nitrogen and oxygen atoms in total. The van der Waals surface area contributed by atoms with Crippen LogP contribution in [0.15, 0.2) is 12.1 Å². The molecule has 4 rings (SSSR count). The SMILES string of the molecule is CCC1CCCCN1Cc1nc(N2CCC(C(=O)OC)CC2)c2cc(OC)c(OC)cc2n1. The zero-order valence-corrected chi connectivity index (χ0v) is 20.3. The summed E-state index contributed by atoms with van der Waals surface area (Å²) >= 11 is 0. The highest BCUT2D eigenvalue weighted by molar-refractivity contribution is 5.92. The van der Waals surface area contributed by atoms with Crippen molar-refractivity contribution in [3.63, 3.8) is 0 Å². The summed E-state index contributed by atoms with van der Waals surface area (Å²) < 4.78 is 16.1. The number of anilines is 1. The number of methoxy groups -OCH3 is 3. The molecule has 33 heavy (non-hydrogen) atoms. The molecule has 2 aliphatic rings. The standard InChI is InChI=1S/C25H36N4O4/c1-5-18-8-6-7-11-29(18)16-23-26-20-15-22(32-3)21(31-2)14-19(20)24(27-23)28-12-9-17(10-13-28)25(30)33-4/h14-15,17-18H,5-13,16H2,1-4H3. The Labute approximate surface area is 196 Å². The van der Waals surface area contributed by atoms with Crippen molar-refractivity contribution in [2.24, 2.45) is 5.92 Å². The maximum absolute atomic E-state index is 12.0. The number of esters is 1. The monoisotopic (exact) mass is 456 g/mol. The van der Waals surface area contributed by atoms with E-state index in [4.69, 9.17) is 24.2 Å². The van der Waals surface area contributed by atoms with E-state index in [0.717, 1.165) is 68.0 Å². The third-order valence-corrected chi connectivity index (χ3v) is 7.12. The molecule has 1 aromatic carbocycles. The summed E-state index contributed by atoms with van der Waals surface area (Å²) in [5.74, 6) is 2.89. The van der Waals surface area contributed by atoms with Crippen LogP contribution in [0.2, 0.25) is 0 Å². The van der Waals surface area contributed by atoms with Gasteiger partial charge in [0.25, 0.3) is 0 Å². The summed E-state index contributed by atoms with van der Waals surface area (Å²) in [6.07, 6.45) is 6.42. The molecule has 0 saturated carbocycles. The summed E-state index contributed by atoms with van der Waals surface area (Å²) in [7, 11) is 4.74. The van der Waals surface area contributed by atoms with E-state index in [9.17, 15) is 4.79 Å². The van der Waals surface area contributed by atoms with E-state index in [0.29, 0.717) is 17.5 Å². The number of benzene rings is 1. The lowest BCUT2D eigenvalue weighted by Crippen LogP contribution is -2.39. The van der Waals surface area contributed by atoms with Crippen molar-refractivity contribution in [1.29, 1.82) is 0 Å². The molecule has 0 N–H and O–H groups in total. The summed E-state index contributed by atoms with van der Waals surface area (Å²) in [4.78, 5) is 26.8. The van der Waals surface area contributed by atoms with Crippen LogP contribution in [-0.2, 0) is 16.1 Å². The number of piperidine rings is 2. The molecule has 3 heterocycles. The average molecular weight is 457 g/mol. The van der Waals surface area contributed by atoms with Crippen LogP contribution in [-0.4, -0.2) is 67.8 Å². The molecular weight excluding hydrogens is 420 g/mol. The Morgan fingerprint density at radius 2 is 1.73 bits per heavy atom. The van der Waals surface area contributed by atoms with Crippen molar-refractivity contribution >= 4 is 22.7 Å². The fourth-order valence-electron chi connectivity index (χ4n) is 5.20. The third-order valence-electron chi connectivity index (χ3n) is 7.12. The molecule has 0 amide bonds. The highest BCUT2D eigenvalue weighted by Gasteiger charge is 2.28. The summed E-state index contributed by atoms with van der Waals surface area (Å²) in [6.45, 7) is 5.60. The Morgan fingerprint density at radius 3 is 2.39 bits per heavy atom. The quantitative estimate of drug-likeness (QED) is 0.583. The number of nitrogens with zero attached hydrogens (tertiary/aromatic N) is 4. The molecule has 8 heteroatoms. The molecule has 1 unspecified atom stereocenters. The van der Waals surface area contributed by atoms with Crippen LogP contribution in [0.4, 0.5) is 5.82 Å². The minimum atomic E-state index is -0.120. The topological polar surface area (TPSA) is 77.0 Å². The van der Waals surface area contributed by atoms with Gasteiger partial charge in [-0.2, -0.15) is 0 Å². The number of aromatic nitrogens is 2. The number of carbonyl (C=O) groups is 1. The number of hydrogen-bond acceptors (Lipinski definition) is 8. The van der Waals surface area contributed by atoms with Gasteiger partial charge >= 0.3 is 5.97 Å². The van der Waals surface area contributed by atoms with Crippen LogP contribution in [0.25, 0.3) is 10.9 Å². The Morgan fingerprint density at radius 1 is 1.00 bits per heavy atom. The van der Waals surface area contributed by atoms with Crippen molar-refractivity contribution in [2.45, 2.75) is 58.0 Å². The highest BCUT2D eigenvalue weighted by atomic mass is 16.5. The van der Waals surface area contributed by atoms with Gasteiger partial charge in [-0.05, 0) is 44.7 Å². The zero-order valence-electron chi connectivity index (χ0n) is 20.3. The van der Waals surface area contributed by atoms with Gasteiger partial charge in [0.2, 0.25) is 0 Å². The Kier molecular flexibility index (Phi) is 7.53. The van der Waals surface area contributed by atoms with Gasteiger partial charge in [0.05, 0.1) is 39.3 Å². The molecule has 2 aliphatic heterocycles. The van der Waals surface area contributed by atoms with Crippen molar-refractivity contribution < 1.29 is 19.0 Å². The Bertz CT molecular complexity index is 975. The maximum Gasteiger partial charge on any atom is 0.308 e. The molecule has 0 spiro atoms. The zero-order chi connectivity index (χ0) is 23.4. The molecule has 1 aromatic heterocycles. The predicted molar refractivity (Wildman–Crippen MR) is 128 cm³/mol. The number of rotatable bonds is 7. The van der Waals surface area contributed by atoms with Gasteiger partial charge in [-0.3, -0.25) is 9.69 Å². The number of likely N-dealkylation sites (tertiary alicyclic amines) is 1. The van der Waals surface area contributed by atoms with Crippen LogP contribution >= 0.6 is 0 Å². The fourth-order valence-corrected chi connectivity index (χ4v) is 5.20. The molecular formula is C25H36N4O4. The largest absolute Gasteiger partial charge is 0.493 e. The third kappa shape index (κ3) is 5.00. The Balaban J connectivity index is 1.70. The second-order valence-corrected chi connectivity index (χ2v) is 9.00. The van der Waals surface area contributed by atoms with Crippen molar-refractivity contribution in [3.8, 4) is 11.5 Å². The second-order valence-electron chi connectivity index (χ2n) is 9.00. The summed E-state index contributed by atoms with van der Waals surface area (Å²) in [5, 5.41) is 0.943. The summed E-state index contributed by atoms with van der Waals surface area (Å²) in [5.41, 5.74) is 0.854. The number of ether oxygens (including phenoxy) is 3. The lowest BCUT2D eigenvalue weighted by molar-refractivity contribution is -0.146. The van der Waals surface area contributed by atoms with E-state index in [-0.39, 0.29) is 11.9 Å². The van der Waals surface area contributed by atoms with Crippen molar-refractivity contribution in [1.82, 2.24) is 14.9 Å². The van der Waals surface area contributed by atoms with Gasteiger partial charge in [-0.1, -0.05) is 13.3 Å². The van der Waals surface area contributed by atoms with E-state index in [1.165, 1.54) is 26.4 Å². The minimum absolute atomic E-state index is 0.0490. The molecule has 2 fully saturated rings. The molecule has 0 aliphatic carbocycles. The highest BCUT2D eigenvalue weighted by Crippen LogP contribution is 2.36. The fraction of sp³-hybridized carbons (Fsp3) is 0.640. The predicted octanol–water partition coefficient (Wildman–Crippen LogP) is 3.80. The minimum Gasteiger partial charge on any atom is -0.493 e. The molecule has 0 bridgehead atoms. The summed E-state index contributed by atoms with van der Waals surface area (Å²) in [6, 6.07) is 4.50. The second kappa shape index (κ2) is 10.5. The first kappa shape index (κ1) is 23.5. The van der Waals surface area contributed by atoms with Crippen LogP contribution in [0.5, 0.6) is 11.5 Å². The van der Waals surface area contributed by atoms with E-state index < -0.39 is 0 Å². The van der Waals surface area contributed by atoms with E-state index in [2.05, 4.69) is 16.7 Å². The maximum atomic E-state index is 12.0. The van der Waals surface area contributed by atoms with Crippen LogP contribution in [0.3, 0.4) is 0 Å². The number of hydrogen-bond donors (Lipinski definition) is 0. The Hall–Kier alpha value is -2.61. The number of carbonyl (C=O) groups excluding carboxylic acids is 1. The average Bonchev–Trinajstić information content (AvgIpc) is 2.87. The van der Waals surface area contributed by atoms with Gasteiger partial charge in [0.15, 0.2) is 11.5 Å². The lowest BCUT2D eigenvalue weighted by atomic mass is 9.97. The molecule has 2 aromatic rings. The van der Waals surface area contributed by atoms with Gasteiger partial charge in [-0.15, -0.1) is 0 Å². The molecule has 180 valence electrons. The molecule has 2 saturated heterocycles. The van der Waals surface area contributed by atoms with Crippen LogP contribution in [0.1, 0.15) is 51.3 Å². The van der Waals surface area contributed by atoms with Crippen LogP contribution < -0.4 is 14.4 Å². The van der Waals surface area contributed by atoms with E-state index >= 15 is 0 Å². The van der Waals surface area contributed by atoms with Gasteiger partial charge < -0.3 is 19.1 Å². The van der Waals surface area contributed by atoms with E-state index in [1.54, 1.807) is 14.2 Å². The normalized spacial score (nSPS) is 20.1. The van der Waals surface area contributed by atoms with Gasteiger partial charge in [0, 0.05) is 30.6 Å². The lowest BCUT2D eigenvalue weighted by Gasteiger charge is -2.35. The first-order valence-corrected chi connectivity index (χ1v) is 12.1. The number of fused-ring (bicyclic) bond motifs is 1. The van der Waals surface area contributed by atoms with Crippen molar-refractivity contribution in [3.05, 3.63) is 18.0 Å². The first-order valence-electron chi connectivity index (χ1n) is 12.1. The van der Waals surface area contributed by atoms with Gasteiger partial charge in [-0.25, -0.2) is 9.97 Å². The smallest absolute Gasteiger partial charge is 0.308 e. The molecule has 0 radical (unpaired) electrons. The van der Waals surface area contributed by atoms with Crippen LogP contribution in [0, 0.1) is 5.92 Å². The van der Waals surface area contributed by atoms with E-state index in [1.807, 2.05) is 12.1 Å². The molecule has 1 atom stereocenters. The van der Waals surface area contributed by atoms with Gasteiger partial charge in [0.1, 0.15) is 11.6 Å².